The molecule has 1 aliphatic rings. The van der Waals surface area contributed by atoms with Crippen LogP contribution in [-0.4, -0.2) is 6.61 Å². The van der Waals surface area contributed by atoms with Gasteiger partial charge in [-0.1, -0.05) is 102 Å². The number of hydrogen-bond donors (Lipinski definition) is 0. The summed E-state index contributed by atoms with van der Waals surface area (Å²) in [5.74, 6) is -0.203. The minimum atomic E-state index is -0.881. The van der Waals surface area contributed by atoms with Crippen LogP contribution in [0.3, 0.4) is 0 Å². The highest BCUT2D eigenvalue weighted by molar-refractivity contribution is 5.65. The van der Waals surface area contributed by atoms with Crippen molar-refractivity contribution in [3.63, 3.8) is 0 Å². The summed E-state index contributed by atoms with van der Waals surface area (Å²) >= 11 is 0. The second-order valence-electron chi connectivity index (χ2n) is 10.5. The smallest absolute Gasteiger partial charge is 0.201 e. The molecule has 1 aliphatic carbocycles. The lowest BCUT2D eigenvalue weighted by Crippen LogP contribution is -2.13. The Labute approximate surface area is 212 Å². The highest BCUT2D eigenvalue weighted by Crippen LogP contribution is 2.39. The number of hydrogen-bond acceptors (Lipinski definition) is 1. The van der Waals surface area contributed by atoms with E-state index in [0.29, 0.717) is 18.1 Å². The lowest BCUT2D eigenvalue weighted by atomic mass is 9.77. The van der Waals surface area contributed by atoms with E-state index in [-0.39, 0.29) is 5.75 Å². The number of ether oxygens (including phenoxy) is 1. The topological polar surface area (TPSA) is 9.23 Å². The van der Waals surface area contributed by atoms with Crippen LogP contribution in [0.5, 0.6) is 5.75 Å². The molecule has 0 spiro atoms. The van der Waals surface area contributed by atoms with E-state index in [1.54, 1.807) is 12.1 Å². The van der Waals surface area contributed by atoms with Crippen molar-refractivity contribution < 1.29 is 13.5 Å². The molecule has 3 heteroatoms. The van der Waals surface area contributed by atoms with Gasteiger partial charge >= 0.3 is 0 Å². The lowest BCUT2D eigenvalue weighted by molar-refractivity contribution is 0.285. The van der Waals surface area contributed by atoms with Crippen LogP contribution in [0, 0.1) is 17.6 Å². The van der Waals surface area contributed by atoms with E-state index in [1.807, 2.05) is 12.1 Å². The zero-order valence-electron chi connectivity index (χ0n) is 22.1. The molecule has 194 valence electrons. The number of halogens is 2. The molecule has 0 amide bonds. The van der Waals surface area contributed by atoms with Gasteiger partial charge in [-0.25, -0.2) is 4.39 Å². The standard InChI is InChI=1S/C32H46F2O/c1-3-5-7-9-11-13-25-14-16-26(17-15-25)27-18-20-28(21-19-27)29-22-23-30(32(34)31(29)33)35-24-12-10-8-6-4-2/h18-23,25-26H,3-17,24H2,1-2H3. The molecule has 3 rings (SSSR count). The summed E-state index contributed by atoms with van der Waals surface area (Å²) in [5, 5.41) is 0. The molecule has 0 aromatic heterocycles. The van der Waals surface area contributed by atoms with Crippen molar-refractivity contribution in [3.05, 3.63) is 53.6 Å². The zero-order chi connectivity index (χ0) is 24.9. The molecule has 35 heavy (non-hydrogen) atoms. The van der Waals surface area contributed by atoms with Crippen molar-refractivity contribution in [2.75, 3.05) is 6.61 Å². The molecule has 1 nitrogen and oxygen atoms in total. The lowest BCUT2D eigenvalue weighted by Gasteiger charge is -2.29. The number of rotatable bonds is 15. The van der Waals surface area contributed by atoms with Crippen LogP contribution in [0.1, 0.15) is 122 Å². The Hall–Kier alpha value is -1.90. The third-order valence-corrected chi connectivity index (χ3v) is 7.81. The first-order valence-corrected chi connectivity index (χ1v) is 14.3. The summed E-state index contributed by atoms with van der Waals surface area (Å²) in [6.07, 6.45) is 18.8. The molecule has 2 aromatic carbocycles. The van der Waals surface area contributed by atoms with E-state index in [1.165, 1.54) is 82.6 Å². The van der Waals surface area contributed by atoms with Gasteiger partial charge in [0.05, 0.1) is 6.61 Å². The molecule has 0 aliphatic heterocycles. The fourth-order valence-electron chi connectivity index (χ4n) is 5.51. The molecule has 0 unspecified atom stereocenters. The molecular formula is C32H46F2O. The Kier molecular flexibility index (Phi) is 12.1. The molecule has 1 saturated carbocycles. The highest BCUT2D eigenvalue weighted by Gasteiger charge is 2.22. The molecular weight excluding hydrogens is 438 g/mol. The van der Waals surface area contributed by atoms with E-state index in [4.69, 9.17) is 4.74 Å². The summed E-state index contributed by atoms with van der Waals surface area (Å²) in [5.41, 5.74) is 2.35. The largest absolute Gasteiger partial charge is 0.490 e. The fourth-order valence-corrected chi connectivity index (χ4v) is 5.51. The van der Waals surface area contributed by atoms with Crippen LogP contribution in [0.2, 0.25) is 0 Å². The first kappa shape index (κ1) is 27.7. The van der Waals surface area contributed by atoms with E-state index >= 15 is 0 Å². The molecule has 0 N–H and O–H groups in total. The molecule has 0 radical (unpaired) electrons. The van der Waals surface area contributed by atoms with Crippen molar-refractivity contribution in [3.8, 4) is 16.9 Å². The fraction of sp³-hybridized carbons (Fsp3) is 0.625. The number of benzene rings is 2. The van der Waals surface area contributed by atoms with Crippen LogP contribution in [0.4, 0.5) is 8.78 Å². The molecule has 1 fully saturated rings. The van der Waals surface area contributed by atoms with Gasteiger partial charge in [-0.05, 0) is 67.2 Å². The molecule has 0 bridgehead atoms. The van der Waals surface area contributed by atoms with Crippen molar-refractivity contribution in [1.82, 2.24) is 0 Å². The Bertz CT molecular complexity index is 853. The van der Waals surface area contributed by atoms with Gasteiger partial charge in [0.15, 0.2) is 11.6 Å². The summed E-state index contributed by atoms with van der Waals surface area (Å²) in [7, 11) is 0. The van der Waals surface area contributed by atoms with Gasteiger partial charge in [0, 0.05) is 5.56 Å². The van der Waals surface area contributed by atoms with Crippen LogP contribution < -0.4 is 4.74 Å². The van der Waals surface area contributed by atoms with Crippen LogP contribution in [0.15, 0.2) is 36.4 Å². The quantitative estimate of drug-likeness (QED) is 0.228. The average molecular weight is 485 g/mol. The molecule has 0 saturated heterocycles. The average Bonchev–Trinajstić information content (AvgIpc) is 2.89. The number of unbranched alkanes of at least 4 members (excludes halogenated alkanes) is 8. The first-order valence-electron chi connectivity index (χ1n) is 14.3. The van der Waals surface area contributed by atoms with Crippen molar-refractivity contribution in [1.29, 1.82) is 0 Å². The van der Waals surface area contributed by atoms with E-state index in [0.717, 1.165) is 30.7 Å². The summed E-state index contributed by atoms with van der Waals surface area (Å²) in [6.45, 7) is 4.87. The maximum absolute atomic E-state index is 14.8. The van der Waals surface area contributed by atoms with E-state index < -0.39 is 11.6 Å². The van der Waals surface area contributed by atoms with Gasteiger partial charge in [0.1, 0.15) is 0 Å². The van der Waals surface area contributed by atoms with E-state index in [2.05, 4.69) is 26.0 Å². The van der Waals surface area contributed by atoms with Gasteiger partial charge < -0.3 is 4.74 Å². The summed E-state index contributed by atoms with van der Waals surface area (Å²) in [6, 6.07) is 11.3. The maximum Gasteiger partial charge on any atom is 0.201 e. The summed E-state index contributed by atoms with van der Waals surface area (Å²) in [4.78, 5) is 0. The zero-order valence-corrected chi connectivity index (χ0v) is 22.1. The first-order chi connectivity index (χ1) is 17.1. The second-order valence-corrected chi connectivity index (χ2v) is 10.5. The van der Waals surface area contributed by atoms with Crippen LogP contribution in [-0.2, 0) is 0 Å². The van der Waals surface area contributed by atoms with Gasteiger partial charge in [-0.2, -0.15) is 4.39 Å². The van der Waals surface area contributed by atoms with Gasteiger partial charge in [0.2, 0.25) is 5.82 Å². The predicted molar refractivity (Wildman–Crippen MR) is 144 cm³/mol. The third kappa shape index (κ3) is 8.62. The molecule has 0 atom stereocenters. The van der Waals surface area contributed by atoms with E-state index in [9.17, 15) is 8.78 Å². The van der Waals surface area contributed by atoms with Gasteiger partial charge in [0.25, 0.3) is 0 Å². The molecule has 2 aromatic rings. The van der Waals surface area contributed by atoms with Crippen LogP contribution in [0.25, 0.3) is 11.1 Å². The maximum atomic E-state index is 14.8. The Morgan fingerprint density at radius 2 is 1.31 bits per heavy atom. The predicted octanol–water partition coefficient (Wildman–Crippen LogP) is 10.6. The van der Waals surface area contributed by atoms with Gasteiger partial charge in [-0.15, -0.1) is 0 Å². The highest BCUT2D eigenvalue weighted by atomic mass is 19.2. The Balaban J connectivity index is 1.49. The SMILES string of the molecule is CCCCCCCOc1ccc(-c2ccc(C3CCC(CCCCCCC)CC3)cc2)c(F)c1F. The van der Waals surface area contributed by atoms with Crippen molar-refractivity contribution in [2.45, 2.75) is 116 Å². The molecule has 0 heterocycles. The Morgan fingerprint density at radius 3 is 1.97 bits per heavy atom. The van der Waals surface area contributed by atoms with Crippen molar-refractivity contribution >= 4 is 0 Å². The monoisotopic (exact) mass is 484 g/mol. The normalized spacial score (nSPS) is 18.1. The third-order valence-electron chi connectivity index (χ3n) is 7.81. The van der Waals surface area contributed by atoms with Crippen molar-refractivity contribution in [2.24, 2.45) is 5.92 Å². The second kappa shape index (κ2) is 15.3. The minimum Gasteiger partial charge on any atom is -0.490 e. The minimum absolute atomic E-state index is 0.0143. The van der Waals surface area contributed by atoms with Gasteiger partial charge in [-0.3, -0.25) is 0 Å². The van der Waals surface area contributed by atoms with Crippen LogP contribution >= 0.6 is 0 Å². The Morgan fingerprint density at radius 1 is 0.686 bits per heavy atom. The summed E-state index contributed by atoms with van der Waals surface area (Å²) < 4.78 is 35.0.